The van der Waals surface area contributed by atoms with Crippen LogP contribution in [0.1, 0.15) is 17.7 Å². The lowest BCUT2D eigenvalue weighted by Gasteiger charge is -2.15. The van der Waals surface area contributed by atoms with Gasteiger partial charge >= 0.3 is 0 Å². The summed E-state index contributed by atoms with van der Waals surface area (Å²) in [5.74, 6) is 1.08. The first-order valence-corrected chi connectivity index (χ1v) is 16.9. The third kappa shape index (κ3) is 4.58. The largest absolute Gasteiger partial charge is 0.460 e. The smallest absolute Gasteiger partial charge is 0.134 e. The van der Waals surface area contributed by atoms with E-state index in [1.54, 1.807) is 0 Å². The molecule has 2 aromatic heterocycles. The number of fused-ring (bicyclic) bond motifs is 9. The minimum absolute atomic E-state index is 0.868. The van der Waals surface area contributed by atoms with E-state index in [-0.39, 0.29) is 0 Å². The molecule has 0 bridgehead atoms. The molecule has 0 atom stereocenters. The molecule has 0 saturated heterocycles. The van der Waals surface area contributed by atoms with Crippen LogP contribution < -0.4 is 0 Å². The molecule has 0 amide bonds. The Kier molecular flexibility index (Phi) is 6.31. The van der Waals surface area contributed by atoms with Crippen LogP contribution in [0.3, 0.4) is 0 Å². The summed E-state index contributed by atoms with van der Waals surface area (Å²) in [6, 6.07) is 51.6. The van der Waals surface area contributed by atoms with Gasteiger partial charge in [0.2, 0.25) is 0 Å². The van der Waals surface area contributed by atoms with Crippen molar-refractivity contribution in [3.63, 3.8) is 0 Å². The second-order valence-electron chi connectivity index (χ2n) is 12.8. The molecule has 1 aliphatic rings. The molecule has 3 nitrogen and oxygen atoms in total. The maximum atomic E-state index is 6.21. The molecule has 1 aliphatic carbocycles. The normalized spacial score (nSPS) is 12.7. The molecule has 49 heavy (non-hydrogen) atoms. The molecule has 0 saturated carbocycles. The van der Waals surface area contributed by atoms with E-state index in [0.717, 1.165) is 85.0 Å². The molecule has 0 spiro atoms. The van der Waals surface area contributed by atoms with Gasteiger partial charge in [-0.15, -0.1) is 0 Å². The fourth-order valence-corrected chi connectivity index (χ4v) is 7.49. The van der Waals surface area contributed by atoms with Crippen LogP contribution in [0.4, 0.5) is 0 Å². The van der Waals surface area contributed by atoms with Crippen LogP contribution in [0.5, 0.6) is 0 Å². The lowest BCUT2D eigenvalue weighted by Crippen LogP contribution is -1.98. The summed E-state index contributed by atoms with van der Waals surface area (Å²) in [6.45, 7) is 0. The number of hydrogen-bond acceptors (Lipinski definition) is 3. The van der Waals surface area contributed by atoms with Crippen LogP contribution in [-0.2, 0) is 6.42 Å². The van der Waals surface area contributed by atoms with Crippen molar-refractivity contribution < 1.29 is 4.42 Å². The number of allylic oxidation sites excluding steroid dienone is 1. The highest BCUT2D eigenvalue weighted by Crippen LogP contribution is 2.40. The number of furan rings is 1. The van der Waals surface area contributed by atoms with E-state index in [1.807, 2.05) is 0 Å². The number of benzene rings is 7. The van der Waals surface area contributed by atoms with Crippen LogP contribution in [0.25, 0.3) is 94.4 Å². The van der Waals surface area contributed by atoms with Gasteiger partial charge in [-0.2, -0.15) is 0 Å². The van der Waals surface area contributed by atoms with E-state index in [4.69, 9.17) is 14.4 Å². The Bertz CT molecular complexity index is 2760. The highest BCUT2D eigenvalue weighted by molar-refractivity contribution is 6.23. The van der Waals surface area contributed by atoms with Gasteiger partial charge in [-0.25, -0.2) is 9.97 Å². The Morgan fingerprint density at radius 3 is 1.71 bits per heavy atom. The summed E-state index contributed by atoms with van der Waals surface area (Å²) >= 11 is 0. The van der Waals surface area contributed by atoms with Crippen LogP contribution in [-0.4, -0.2) is 9.97 Å². The van der Waals surface area contributed by atoms with Crippen molar-refractivity contribution >= 4 is 49.6 Å². The number of hydrogen-bond donors (Lipinski definition) is 0. The molecule has 2 heterocycles. The van der Waals surface area contributed by atoms with Crippen LogP contribution in [0.15, 0.2) is 156 Å². The SMILES string of the molecule is C1=Cc2c(oc3ccc(-c4cccc(-c5nc6c7ccccc7c7ccccc7c6nc5-c5ccc(-c6ccccc6)cc5)c4)cc23)CC1. The highest BCUT2D eigenvalue weighted by atomic mass is 16.3. The molecule has 0 fully saturated rings. The summed E-state index contributed by atoms with van der Waals surface area (Å²) in [7, 11) is 0. The molecule has 0 radical (unpaired) electrons. The lowest BCUT2D eigenvalue weighted by atomic mass is 9.95. The number of nitrogens with zero attached hydrogens (tertiary/aromatic N) is 2. The van der Waals surface area contributed by atoms with Crippen molar-refractivity contribution in [1.29, 1.82) is 0 Å². The molecule has 3 heteroatoms. The third-order valence-electron chi connectivity index (χ3n) is 9.91. The summed E-state index contributed by atoms with van der Waals surface area (Å²) in [4.78, 5) is 11.0. The summed E-state index contributed by atoms with van der Waals surface area (Å²) < 4.78 is 6.21. The standard InChI is InChI=1S/C46H30N2O/c1-2-11-29(12-3-1)30-21-23-31(24-22-30)43-44(48-46-39-19-7-5-16-36(39)35-15-4-6-18-38(35)45(46)47-43)34-14-10-13-32(27-34)33-25-26-42-40(28-33)37-17-8-9-20-41(37)49-42/h1-8,10-19,21-28H,9,20H2. The van der Waals surface area contributed by atoms with E-state index in [0.29, 0.717) is 0 Å². The van der Waals surface area contributed by atoms with E-state index >= 15 is 0 Å². The highest BCUT2D eigenvalue weighted by Gasteiger charge is 2.19. The first kappa shape index (κ1) is 27.8. The topological polar surface area (TPSA) is 38.9 Å². The monoisotopic (exact) mass is 626 g/mol. The quantitative estimate of drug-likeness (QED) is 0.182. The van der Waals surface area contributed by atoms with Gasteiger partial charge in [-0.05, 0) is 57.6 Å². The number of aryl methyl sites for hydroxylation is 1. The predicted molar refractivity (Wildman–Crippen MR) is 203 cm³/mol. The Balaban J connectivity index is 1.20. The Morgan fingerprint density at radius 2 is 0.980 bits per heavy atom. The first-order valence-electron chi connectivity index (χ1n) is 16.9. The van der Waals surface area contributed by atoms with Gasteiger partial charge in [0.15, 0.2) is 0 Å². The summed E-state index contributed by atoms with van der Waals surface area (Å²) in [5.41, 5.74) is 12.4. The third-order valence-corrected chi connectivity index (χ3v) is 9.91. The number of rotatable bonds is 4. The average Bonchev–Trinajstić information content (AvgIpc) is 3.56. The van der Waals surface area contributed by atoms with E-state index < -0.39 is 0 Å². The Hall–Kier alpha value is -6.32. The molecule has 0 N–H and O–H groups in total. The second kappa shape index (κ2) is 11.1. The van der Waals surface area contributed by atoms with Crippen molar-refractivity contribution in [3.05, 3.63) is 163 Å². The second-order valence-corrected chi connectivity index (χ2v) is 12.8. The van der Waals surface area contributed by atoms with Gasteiger partial charge in [-0.3, -0.25) is 0 Å². The van der Waals surface area contributed by atoms with Gasteiger partial charge in [-0.1, -0.05) is 140 Å². The summed E-state index contributed by atoms with van der Waals surface area (Å²) in [6.07, 6.45) is 6.42. The minimum Gasteiger partial charge on any atom is -0.460 e. The van der Waals surface area contributed by atoms with Crippen molar-refractivity contribution in [2.75, 3.05) is 0 Å². The minimum atomic E-state index is 0.868. The fraction of sp³-hybridized carbons (Fsp3) is 0.0435. The molecular weight excluding hydrogens is 597 g/mol. The average molecular weight is 627 g/mol. The molecule has 0 unspecified atom stereocenters. The Labute approximate surface area is 283 Å². The van der Waals surface area contributed by atoms with Gasteiger partial charge in [0, 0.05) is 39.3 Å². The van der Waals surface area contributed by atoms with Crippen LogP contribution in [0, 0.1) is 0 Å². The van der Waals surface area contributed by atoms with Crippen molar-refractivity contribution in [2.45, 2.75) is 12.8 Å². The zero-order valence-electron chi connectivity index (χ0n) is 26.7. The molecule has 10 rings (SSSR count). The molecule has 0 aliphatic heterocycles. The number of aromatic nitrogens is 2. The van der Waals surface area contributed by atoms with Gasteiger partial charge in [0.25, 0.3) is 0 Å². The Morgan fingerprint density at radius 1 is 0.429 bits per heavy atom. The lowest BCUT2D eigenvalue weighted by molar-refractivity contribution is 0.546. The first-order chi connectivity index (χ1) is 24.3. The van der Waals surface area contributed by atoms with E-state index in [1.165, 1.54) is 27.5 Å². The maximum absolute atomic E-state index is 6.21. The summed E-state index contributed by atoms with van der Waals surface area (Å²) in [5, 5.41) is 5.75. The van der Waals surface area contributed by atoms with Crippen molar-refractivity contribution in [1.82, 2.24) is 9.97 Å². The zero-order valence-corrected chi connectivity index (χ0v) is 26.7. The molecule has 230 valence electrons. The fourth-order valence-electron chi connectivity index (χ4n) is 7.49. The molecule has 7 aromatic carbocycles. The maximum Gasteiger partial charge on any atom is 0.134 e. The van der Waals surface area contributed by atoms with Gasteiger partial charge in [0.1, 0.15) is 11.3 Å². The van der Waals surface area contributed by atoms with Gasteiger partial charge < -0.3 is 4.42 Å². The van der Waals surface area contributed by atoms with Crippen LogP contribution >= 0.6 is 0 Å². The predicted octanol–water partition coefficient (Wildman–Crippen LogP) is 12.3. The van der Waals surface area contributed by atoms with Crippen molar-refractivity contribution in [3.8, 4) is 44.8 Å². The van der Waals surface area contributed by atoms with E-state index in [2.05, 4.69) is 158 Å². The molecule has 9 aromatic rings. The van der Waals surface area contributed by atoms with Crippen LogP contribution in [0.2, 0.25) is 0 Å². The van der Waals surface area contributed by atoms with E-state index in [9.17, 15) is 0 Å². The molecular formula is C46H30N2O. The zero-order chi connectivity index (χ0) is 32.3. The van der Waals surface area contributed by atoms with Gasteiger partial charge in [0.05, 0.1) is 22.4 Å². The van der Waals surface area contributed by atoms with Crippen molar-refractivity contribution in [2.24, 2.45) is 0 Å².